The molecule has 13 rings (SSSR count). The van der Waals surface area contributed by atoms with Crippen molar-refractivity contribution in [1.29, 1.82) is 0 Å². The molecule has 4 nitrogen and oxygen atoms in total. The van der Waals surface area contributed by atoms with Crippen molar-refractivity contribution in [3.63, 3.8) is 0 Å². The van der Waals surface area contributed by atoms with E-state index in [0.29, 0.717) is 0 Å². The fourth-order valence-electron chi connectivity index (χ4n) is 10.3. The van der Waals surface area contributed by atoms with Gasteiger partial charge in [0.1, 0.15) is 45.0 Å². The van der Waals surface area contributed by atoms with Gasteiger partial charge in [0.05, 0.1) is 11.1 Å². The Labute approximate surface area is 321 Å². The van der Waals surface area contributed by atoms with Crippen molar-refractivity contribution in [1.82, 2.24) is 0 Å². The SMILES string of the molecule is CC1(C)c2cc3c(cc2-c2c1cc(-c1cc4ccccc4o1)c1oc4ccccc4c21)C(C)(C)c1cc(-c2cc4ccccc4o2)c2oc4ccccc4c2c1-3. The second kappa shape index (κ2) is 10.1. The first-order valence-corrected chi connectivity index (χ1v) is 19.4. The Morgan fingerprint density at radius 2 is 0.732 bits per heavy atom. The third kappa shape index (κ3) is 3.70. The molecule has 0 radical (unpaired) electrons. The van der Waals surface area contributed by atoms with Gasteiger partial charge in [-0.25, -0.2) is 0 Å². The lowest BCUT2D eigenvalue weighted by Crippen LogP contribution is -2.17. The molecule has 4 aromatic heterocycles. The number of rotatable bonds is 2. The first-order valence-electron chi connectivity index (χ1n) is 19.4. The first kappa shape index (κ1) is 30.5. The van der Waals surface area contributed by atoms with E-state index in [1.54, 1.807) is 0 Å². The fraction of sp³-hybridized carbons (Fsp3) is 0.115. The van der Waals surface area contributed by atoms with Gasteiger partial charge in [-0.1, -0.05) is 100 Å². The second-order valence-corrected chi connectivity index (χ2v) is 16.8. The number of hydrogen-bond donors (Lipinski definition) is 0. The molecule has 7 aromatic carbocycles. The molecule has 0 aliphatic heterocycles. The van der Waals surface area contributed by atoms with Gasteiger partial charge in [0.15, 0.2) is 0 Å². The highest BCUT2D eigenvalue weighted by atomic mass is 16.4. The van der Waals surface area contributed by atoms with Crippen LogP contribution in [0.5, 0.6) is 0 Å². The average Bonchev–Trinajstić information content (AvgIpc) is 4.05. The van der Waals surface area contributed by atoms with Gasteiger partial charge in [0.25, 0.3) is 0 Å². The summed E-state index contributed by atoms with van der Waals surface area (Å²) in [6.45, 7) is 9.48. The normalized spacial score (nSPS) is 15.1. The molecule has 4 heterocycles. The standard InChI is InChI=1S/C52H34O4/c1-51(2)35-23-32-36(24-31(35)45-37(51)25-33(43-21-27-13-5-9-17-39(27)53-43)49-47(45)29-15-7-11-19-41(29)55-49)52(3,4)38-26-34(44-22-28-14-6-10-18-40(28)54-44)50-48(46(32)38)30-16-8-12-20-42(30)56-50/h5-26H,1-4H3. The molecule has 0 saturated carbocycles. The molecule has 0 fully saturated rings. The summed E-state index contributed by atoms with van der Waals surface area (Å²) >= 11 is 0. The number of benzene rings is 7. The lowest BCUT2D eigenvalue weighted by Gasteiger charge is -2.24. The molecule has 2 aliphatic rings. The molecule has 4 heteroatoms. The highest BCUT2D eigenvalue weighted by Gasteiger charge is 2.45. The molecule has 0 bridgehead atoms. The van der Waals surface area contributed by atoms with Crippen molar-refractivity contribution in [2.75, 3.05) is 0 Å². The van der Waals surface area contributed by atoms with Crippen LogP contribution in [-0.4, -0.2) is 0 Å². The Kier molecular flexibility index (Phi) is 5.50. The summed E-state index contributed by atoms with van der Waals surface area (Å²) in [4.78, 5) is 0. The predicted octanol–water partition coefficient (Wildman–Crippen LogP) is 14.9. The van der Waals surface area contributed by atoms with Crippen molar-refractivity contribution < 1.29 is 17.7 Å². The average molecular weight is 723 g/mol. The monoisotopic (exact) mass is 722 g/mol. The molecule has 266 valence electrons. The number of fused-ring (bicyclic) bond motifs is 16. The minimum Gasteiger partial charge on any atom is -0.456 e. The zero-order valence-electron chi connectivity index (χ0n) is 31.3. The smallest absolute Gasteiger partial charge is 0.147 e. The molecule has 0 spiro atoms. The third-order valence-corrected chi connectivity index (χ3v) is 13.1. The van der Waals surface area contributed by atoms with Crippen molar-refractivity contribution in [3.05, 3.63) is 156 Å². The topological polar surface area (TPSA) is 52.6 Å². The van der Waals surface area contributed by atoms with Gasteiger partial charge >= 0.3 is 0 Å². The number of hydrogen-bond acceptors (Lipinski definition) is 4. The third-order valence-electron chi connectivity index (χ3n) is 13.1. The van der Waals surface area contributed by atoms with Crippen LogP contribution in [0.1, 0.15) is 49.9 Å². The minimum absolute atomic E-state index is 0.314. The number of para-hydroxylation sites is 4. The fourth-order valence-corrected chi connectivity index (χ4v) is 10.3. The molecule has 0 N–H and O–H groups in total. The summed E-state index contributed by atoms with van der Waals surface area (Å²) in [5.41, 5.74) is 16.8. The van der Waals surface area contributed by atoms with E-state index in [1.165, 1.54) is 44.5 Å². The van der Waals surface area contributed by atoms with Crippen LogP contribution in [0.15, 0.2) is 151 Å². The summed E-state index contributed by atoms with van der Waals surface area (Å²) in [7, 11) is 0. The summed E-state index contributed by atoms with van der Waals surface area (Å²) in [5.74, 6) is 1.63. The Bertz CT molecular complexity index is 3240. The largest absolute Gasteiger partial charge is 0.456 e. The summed E-state index contributed by atoms with van der Waals surface area (Å²) in [6.07, 6.45) is 0. The molecule has 56 heavy (non-hydrogen) atoms. The summed E-state index contributed by atoms with van der Waals surface area (Å²) in [6, 6.07) is 47.3. The van der Waals surface area contributed by atoms with E-state index in [4.69, 9.17) is 17.7 Å². The maximum Gasteiger partial charge on any atom is 0.147 e. The van der Waals surface area contributed by atoms with Crippen molar-refractivity contribution in [2.24, 2.45) is 0 Å². The van der Waals surface area contributed by atoms with Crippen LogP contribution in [0.4, 0.5) is 0 Å². The van der Waals surface area contributed by atoms with Crippen LogP contribution in [0.2, 0.25) is 0 Å². The highest BCUT2D eigenvalue weighted by molar-refractivity contribution is 6.21. The molecule has 0 saturated heterocycles. The van der Waals surface area contributed by atoms with Gasteiger partial charge in [-0.3, -0.25) is 0 Å². The van der Waals surface area contributed by atoms with Crippen molar-refractivity contribution in [2.45, 2.75) is 38.5 Å². The van der Waals surface area contributed by atoms with E-state index in [9.17, 15) is 0 Å². The van der Waals surface area contributed by atoms with Gasteiger partial charge in [0, 0.05) is 43.1 Å². The summed E-state index contributed by atoms with van der Waals surface area (Å²) in [5, 5.41) is 6.67. The van der Waals surface area contributed by atoms with Gasteiger partial charge in [0.2, 0.25) is 0 Å². The Morgan fingerprint density at radius 1 is 0.357 bits per heavy atom. The maximum atomic E-state index is 6.80. The van der Waals surface area contributed by atoms with Crippen LogP contribution in [0.3, 0.4) is 0 Å². The quantitative estimate of drug-likeness (QED) is 0.178. The molecule has 0 unspecified atom stereocenters. The first-order chi connectivity index (χ1) is 27.3. The Balaban J connectivity index is 1.11. The van der Waals surface area contributed by atoms with Crippen LogP contribution in [0, 0.1) is 0 Å². The molecule has 0 amide bonds. The van der Waals surface area contributed by atoms with Gasteiger partial charge in [-0.2, -0.15) is 0 Å². The lowest BCUT2D eigenvalue weighted by atomic mass is 9.79. The van der Waals surface area contributed by atoms with Gasteiger partial charge in [-0.05, 0) is 105 Å². The van der Waals surface area contributed by atoms with E-state index in [0.717, 1.165) is 88.5 Å². The van der Waals surface area contributed by atoms with E-state index in [2.05, 4.69) is 137 Å². The zero-order valence-corrected chi connectivity index (χ0v) is 31.3. The molecule has 11 aromatic rings. The zero-order chi connectivity index (χ0) is 37.2. The minimum atomic E-state index is -0.314. The van der Waals surface area contributed by atoms with Crippen LogP contribution in [0.25, 0.3) is 111 Å². The maximum absolute atomic E-state index is 6.80. The summed E-state index contributed by atoms with van der Waals surface area (Å²) < 4.78 is 26.7. The van der Waals surface area contributed by atoms with Crippen LogP contribution >= 0.6 is 0 Å². The van der Waals surface area contributed by atoms with E-state index in [-0.39, 0.29) is 10.8 Å². The van der Waals surface area contributed by atoms with Gasteiger partial charge < -0.3 is 17.7 Å². The molecular weight excluding hydrogens is 689 g/mol. The van der Waals surface area contributed by atoms with Crippen molar-refractivity contribution >= 4 is 65.8 Å². The van der Waals surface area contributed by atoms with Crippen molar-refractivity contribution in [3.8, 4) is 44.9 Å². The second-order valence-electron chi connectivity index (χ2n) is 16.8. The van der Waals surface area contributed by atoms with E-state index < -0.39 is 0 Å². The van der Waals surface area contributed by atoms with Gasteiger partial charge in [-0.15, -0.1) is 0 Å². The Hall–Kier alpha value is -6.78. The Morgan fingerprint density at radius 3 is 1.16 bits per heavy atom. The molecular formula is C52H34O4. The van der Waals surface area contributed by atoms with E-state index in [1.807, 2.05) is 24.3 Å². The highest BCUT2D eigenvalue weighted by Crippen LogP contribution is 2.61. The number of furan rings is 4. The van der Waals surface area contributed by atoms with Crippen LogP contribution < -0.4 is 0 Å². The predicted molar refractivity (Wildman–Crippen MR) is 227 cm³/mol. The molecule has 2 aliphatic carbocycles. The van der Waals surface area contributed by atoms with E-state index >= 15 is 0 Å². The lowest BCUT2D eigenvalue weighted by molar-refractivity contribution is 0.623. The molecule has 0 atom stereocenters. The van der Waals surface area contributed by atoms with Crippen LogP contribution in [-0.2, 0) is 10.8 Å².